The smallest absolute Gasteiger partial charge is 0.262 e. The standard InChI is InChI=1S/C20H16Cl2N2O3S/c1-13-10-11-14(20(25)23-17-9-5-8-16(21)19(17)22)12-18(13)28(26,27)24-15-6-3-2-4-7-15/h2-12,24H,1H3,(H,23,25). The van der Waals surface area contributed by atoms with E-state index in [0.29, 0.717) is 22.0 Å². The molecule has 0 fully saturated rings. The van der Waals surface area contributed by atoms with Crippen LogP contribution in [0.25, 0.3) is 0 Å². The van der Waals surface area contributed by atoms with Crippen LogP contribution in [0.3, 0.4) is 0 Å². The summed E-state index contributed by atoms with van der Waals surface area (Å²) in [7, 11) is -3.86. The molecule has 0 atom stereocenters. The molecule has 5 nitrogen and oxygen atoms in total. The highest BCUT2D eigenvalue weighted by Crippen LogP contribution is 2.30. The topological polar surface area (TPSA) is 75.3 Å². The highest BCUT2D eigenvalue weighted by atomic mass is 35.5. The third kappa shape index (κ3) is 4.47. The molecule has 3 rings (SSSR count). The zero-order valence-electron chi connectivity index (χ0n) is 14.7. The fraction of sp³-hybridized carbons (Fsp3) is 0.0500. The van der Waals surface area contributed by atoms with Crippen molar-refractivity contribution in [2.24, 2.45) is 0 Å². The molecule has 8 heteroatoms. The Labute approximate surface area is 173 Å². The average Bonchev–Trinajstić information content (AvgIpc) is 2.66. The average molecular weight is 435 g/mol. The Hall–Kier alpha value is -2.54. The predicted molar refractivity (Wildman–Crippen MR) is 113 cm³/mol. The summed E-state index contributed by atoms with van der Waals surface area (Å²) in [5, 5.41) is 3.16. The number of benzene rings is 3. The van der Waals surface area contributed by atoms with E-state index in [9.17, 15) is 13.2 Å². The maximum absolute atomic E-state index is 12.8. The first-order chi connectivity index (χ1) is 13.3. The lowest BCUT2D eigenvalue weighted by Gasteiger charge is -2.13. The molecule has 0 aromatic heterocycles. The van der Waals surface area contributed by atoms with Gasteiger partial charge in [-0.05, 0) is 48.9 Å². The van der Waals surface area contributed by atoms with Crippen LogP contribution in [0.4, 0.5) is 11.4 Å². The largest absolute Gasteiger partial charge is 0.321 e. The first-order valence-electron chi connectivity index (χ1n) is 8.22. The third-order valence-corrected chi connectivity index (χ3v) is 6.31. The molecule has 0 aliphatic rings. The van der Waals surface area contributed by atoms with Crippen LogP contribution >= 0.6 is 23.2 Å². The van der Waals surface area contributed by atoms with Crippen LogP contribution in [-0.4, -0.2) is 14.3 Å². The van der Waals surface area contributed by atoms with Gasteiger partial charge in [0.15, 0.2) is 0 Å². The normalized spacial score (nSPS) is 11.1. The zero-order chi connectivity index (χ0) is 20.3. The van der Waals surface area contributed by atoms with Gasteiger partial charge in [0.2, 0.25) is 0 Å². The van der Waals surface area contributed by atoms with E-state index in [2.05, 4.69) is 10.0 Å². The van der Waals surface area contributed by atoms with E-state index < -0.39 is 15.9 Å². The molecule has 3 aromatic carbocycles. The number of nitrogens with one attached hydrogen (secondary N) is 2. The molecule has 0 heterocycles. The van der Waals surface area contributed by atoms with Gasteiger partial charge in [-0.3, -0.25) is 9.52 Å². The van der Waals surface area contributed by atoms with Crippen LogP contribution in [0.15, 0.2) is 71.6 Å². The molecule has 1 amide bonds. The van der Waals surface area contributed by atoms with Gasteiger partial charge in [0, 0.05) is 11.3 Å². The molecule has 0 bridgehead atoms. The van der Waals surface area contributed by atoms with Crippen molar-refractivity contribution in [3.63, 3.8) is 0 Å². The van der Waals surface area contributed by atoms with E-state index in [1.807, 2.05) is 0 Å². The number of carbonyl (C=O) groups is 1. The van der Waals surface area contributed by atoms with E-state index in [-0.39, 0.29) is 15.5 Å². The number of sulfonamides is 1. The van der Waals surface area contributed by atoms with Crippen molar-refractivity contribution in [3.8, 4) is 0 Å². The number of hydrogen-bond acceptors (Lipinski definition) is 3. The Bertz CT molecular complexity index is 1130. The van der Waals surface area contributed by atoms with E-state index in [4.69, 9.17) is 23.2 Å². The second-order valence-corrected chi connectivity index (χ2v) is 8.44. The molecule has 2 N–H and O–H groups in total. The molecule has 0 aliphatic carbocycles. The van der Waals surface area contributed by atoms with Gasteiger partial charge in [-0.2, -0.15) is 0 Å². The maximum Gasteiger partial charge on any atom is 0.262 e. The Morgan fingerprint density at radius 3 is 2.36 bits per heavy atom. The van der Waals surface area contributed by atoms with Gasteiger partial charge in [0.1, 0.15) is 0 Å². The highest BCUT2D eigenvalue weighted by molar-refractivity contribution is 7.92. The van der Waals surface area contributed by atoms with Gasteiger partial charge < -0.3 is 5.32 Å². The molecule has 0 spiro atoms. The molecule has 0 saturated heterocycles. The number of hydrogen-bond donors (Lipinski definition) is 2. The van der Waals surface area contributed by atoms with Crippen molar-refractivity contribution in [2.45, 2.75) is 11.8 Å². The van der Waals surface area contributed by atoms with Gasteiger partial charge in [-0.25, -0.2) is 8.42 Å². The van der Waals surface area contributed by atoms with E-state index in [1.165, 1.54) is 6.07 Å². The molecule has 0 unspecified atom stereocenters. The predicted octanol–water partition coefficient (Wildman–Crippen LogP) is 5.35. The molecular formula is C20H16Cl2N2O3S. The van der Waals surface area contributed by atoms with E-state index in [0.717, 1.165) is 0 Å². The molecular weight excluding hydrogens is 419 g/mol. The summed E-state index contributed by atoms with van der Waals surface area (Å²) >= 11 is 12.0. The van der Waals surface area contributed by atoms with Crippen molar-refractivity contribution in [1.29, 1.82) is 0 Å². The van der Waals surface area contributed by atoms with Crippen LogP contribution in [0.1, 0.15) is 15.9 Å². The molecule has 0 radical (unpaired) electrons. The number of amides is 1. The number of para-hydroxylation sites is 1. The molecule has 144 valence electrons. The summed E-state index contributed by atoms with van der Waals surface area (Å²) in [6.07, 6.45) is 0. The van der Waals surface area contributed by atoms with Crippen molar-refractivity contribution in [1.82, 2.24) is 0 Å². The van der Waals surface area contributed by atoms with Crippen molar-refractivity contribution < 1.29 is 13.2 Å². The van der Waals surface area contributed by atoms with Gasteiger partial charge in [-0.1, -0.05) is 53.5 Å². The van der Waals surface area contributed by atoms with Crippen LogP contribution in [-0.2, 0) is 10.0 Å². The minimum atomic E-state index is -3.86. The van der Waals surface area contributed by atoms with Crippen molar-refractivity contribution in [2.75, 3.05) is 10.0 Å². The minimum absolute atomic E-state index is 0.0150. The number of rotatable bonds is 5. The van der Waals surface area contributed by atoms with Crippen LogP contribution < -0.4 is 10.0 Å². The van der Waals surface area contributed by atoms with E-state index in [1.54, 1.807) is 67.6 Å². The van der Waals surface area contributed by atoms with Gasteiger partial charge >= 0.3 is 0 Å². The second-order valence-electron chi connectivity index (χ2n) is 6.01. The van der Waals surface area contributed by atoms with Crippen LogP contribution in [0.2, 0.25) is 10.0 Å². The second kappa shape index (κ2) is 8.22. The summed E-state index contributed by atoms with van der Waals surface area (Å²) < 4.78 is 28.1. The molecule has 3 aromatic rings. The van der Waals surface area contributed by atoms with Gasteiger partial charge in [0.05, 0.1) is 20.6 Å². The maximum atomic E-state index is 12.8. The quantitative estimate of drug-likeness (QED) is 0.567. The molecule has 28 heavy (non-hydrogen) atoms. The monoisotopic (exact) mass is 434 g/mol. The number of aryl methyl sites for hydroxylation is 1. The lowest BCUT2D eigenvalue weighted by atomic mass is 10.1. The Morgan fingerprint density at radius 1 is 0.929 bits per heavy atom. The van der Waals surface area contributed by atoms with E-state index >= 15 is 0 Å². The van der Waals surface area contributed by atoms with Crippen LogP contribution in [0.5, 0.6) is 0 Å². The first kappa shape index (κ1) is 20.2. The summed E-state index contributed by atoms with van der Waals surface area (Å²) in [4.78, 5) is 12.6. The number of anilines is 2. The minimum Gasteiger partial charge on any atom is -0.321 e. The van der Waals surface area contributed by atoms with Crippen molar-refractivity contribution in [3.05, 3.63) is 87.9 Å². The fourth-order valence-electron chi connectivity index (χ4n) is 2.54. The van der Waals surface area contributed by atoms with Crippen LogP contribution in [0, 0.1) is 6.92 Å². The number of halogens is 2. The molecule has 0 aliphatic heterocycles. The zero-order valence-corrected chi connectivity index (χ0v) is 17.1. The van der Waals surface area contributed by atoms with Gasteiger partial charge in [-0.15, -0.1) is 0 Å². The van der Waals surface area contributed by atoms with Gasteiger partial charge in [0.25, 0.3) is 15.9 Å². The number of carbonyl (C=O) groups excluding carboxylic acids is 1. The summed E-state index contributed by atoms with van der Waals surface area (Å²) in [6.45, 7) is 1.66. The van der Waals surface area contributed by atoms with Crippen molar-refractivity contribution >= 4 is 50.5 Å². The third-order valence-electron chi connectivity index (χ3n) is 3.97. The summed E-state index contributed by atoms with van der Waals surface area (Å²) in [6, 6.07) is 17.8. The SMILES string of the molecule is Cc1ccc(C(=O)Nc2cccc(Cl)c2Cl)cc1S(=O)(=O)Nc1ccccc1. The fourth-order valence-corrected chi connectivity index (χ4v) is 4.22. The Balaban J connectivity index is 1.90. The lowest BCUT2D eigenvalue weighted by molar-refractivity contribution is 0.102. The highest BCUT2D eigenvalue weighted by Gasteiger charge is 2.20. The Kier molecular flexibility index (Phi) is 5.93. The first-order valence-corrected chi connectivity index (χ1v) is 10.5. The summed E-state index contributed by atoms with van der Waals surface area (Å²) in [5.74, 6) is -0.500. The lowest BCUT2D eigenvalue weighted by Crippen LogP contribution is -2.17. The Morgan fingerprint density at radius 2 is 1.64 bits per heavy atom. The molecule has 0 saturated carbocycles. The summed E-state index contributed by atoms with van der Waals surface area (Å²) in [5.41, 5.74) is 1.46.